The number of morpholine rings is 1. The Bertz CT molecular complexity index is 875. The number of hydrogen-bond acceptors (Lipinski definition) is 5. The molecule has 1 aromatic heterocycles. The Hall–Kier alpha value is -1.94. The molecule has 0 saturated carbocycles. The molecule has 0 amide bonds. The summed E-state index contributed by atoms with van der Waals surface area (Å²) < 4.78 is 60.4. The first-order valence-electron chi connectivity index (χ1n) is 9.11. The van der Waals surface area contributed by atoms with Crippen LogP contribution in [0.4, 0.5) is 8.78 Å². The standard InChI is InChI=1S/C19H23F2N3O3S/c20-17-2-3-18(21)19(14-17)28(25,26)24(15-16-4-6-22-7-5-16)9-1-8-23-10-12-27-13-11-23/h2-7,14H,1,8-13,15H2. The van der Waals surface area contributed by atoms with Gasteiger partial charge in [0.15, 0.2) is 0 Å². The number of sulfonamides is 1. The van der Waals surface area contributed by atoms with Gasteiger partial charge in [-0.3, -0.25) is 9.88 Å². The largest absolute Gasteiger partial charge is 0.379 e. The van der Waals surface area contributed by atoms with E-state index >= 15 is 0 Å². The van der Waals surface area contributed by atoms with E-state index in [4.69, 9.17) is 4.74 Å². The molecule has 0 atom stereocenters. The fraction of sp³-hybridized carbons (Fsp3) is 0.421. The zero-order valence-corrected chi connectivity index (χ0v) is 16.2. The summed E-state index contributed by atoms with van der Waals surface area (Å²) in [6.07, 6.45) is 3.70. The van der Waals surface area contributed by atoms with Crippen molar-refractivity contribution >= 4 is 10.0 Å². The van der Waals surface area contributed by atoms with E-state index in [0.29, 0.717) is 26.2 Å². The SMILES string of the molecule is O=S(=O)(c1cc(F)ccc1F)N(CCCN1CCOCC1)Cc1ccncc1. The van der Waals surface area contributed by atoms with Crippen LogP contribution < -0.4 is 0 Å². The van der Waals surface area contributed by atoms with Gasteiger partial charge in [-0.25, -0.2) is 17.2 Å². The van der Waals surface area contributed by atoms with Gasteiger partial charge >= 0.3 is 0 Å². The van der Waals surface area contributed by atoms with E-state index in [1.54, 1.807) is 24.5 Å². The van der Waals surface area contributed by atoms with Crippen LogP contribution in [-0.2, 0) is 21.3 Å². The molecule has 9 heteroatoms. The van der Waals surface area contributed by atoms with Crippen LogP contribution in [0.15, 0.2) is 47.6 Å². The molecule has 0 unspecified atom stereocenters. The Morgan fingerprint density at radius 1 is 1.11 bits per heavy atom. The number of pyridine rings is 1. The molecule has 2 heterocycles. The number of benzene rings is 1. The van der Waals surface area contributed by atoms with Crippen molar-refractivity contribution in [2.24, 2.45) is 0 Å². The van der Waals surface area contributed by atoms with Gasteiger partial charge in [0.1, 0.15) is 16.5 Å². The highest BCUT2D eigenvalue weighted by atomic mass is 32.2. The van der Waals surface area contributed by atoms with E-state index in [1.165, 1.54) is 4.31 Å². The first-order valence-corrected chi connectivity index (χ1v) is 10.5. The summed E-state index contributed by atoms with van der Waals surface area (Å²) in [7, 11) is -4.20. The highest BCUT2D eigenvalue weighted by Gasteiger charge is 2.28. The van der Waals surface area contributed by atoms with Gasteiger partial charge in [-0.15, -0.1) is 0 Å². The second kappa shape index (κ2) is 9.51. The molecule has 2 aromatic rings. The summed E-state index contributed by atoms with van der Waals surface area (Å²) in [4.78, 5) is 5.48. The second-order valence-corrected chi connectivity index (χ2v) is 8.48. The van der Waals surface area contributed by atoms with Crippen LogP contribution in [0.25, 0.3) is 0 Å². The van der Waals surface area contributed by atoms with E-state index in [9.17, 15) is 17.2 Å². The lowest BCUT2D eigenvalue weighted by molar-refractivity contribution is 0.0368. The zero-order chi connectivity index (χ0) is 20.0. The number of halogens is 2. The van der Waals surface area contributed by atoms with Crippen molar-refractivity contribution in [3.63, 3.8) is 0 Å². The molecule has 28 heavy (non-hydrogen) atoms. The normalized spacial score (nSPS) is 15.8. The fourth-order valence-corrected chi connectivity index (χ4v) is 4.63. The highest BCUT2D eigenvalue weighted by Crippen LogP contribution is 2.22. The molecule has 0 spiro atoms. The first-order chi connectivity index (χ1) is 13.5. The average molecular weight is 411 g/mol. The predicted molar refractivity (Wildman–Crippen MR) is 100 cm³/mol. The maximum Gasteiger partial charge on any atom is 0.246 e. The number of hydrogen-bond donors (Lipinski definition) is 0. The summed E-state index contributed by atoms with van der Waals surface area (Å²) in [5.41, 5.74) is 0.724. The molecule has 0 radical (unpaired) electrons. The predicted octanol–water partition coefficient (Wildman–Crippen LogP) is 2.27. The molecule has 0 bridgehead atoms. The lowest BCUT2D eigenvalue weighted by Gasteiger charge is -2.28. The summed E-state index contributed by atoms with van der Waals surface area (Å²) in [5, 5.41) is 0. The number of aromatic nitrogens is 1. The topological polar surface area (TPSA) is 62.7 Å². The van der Waals surface area contributed by atoms with Crippen LogP contribution in [-0.4, -0.2) is 62.0 Å². The van der Waals surface area contributed by atoms with E-state index in [0.717, 1.165) is 36.9 Å². The molecule has 1 fully saturated rings. The van der Waals surface area contributed by atoms with Gasteiger partial charge in [0.2, 0.25) is 10.0 Å². The summed E-state index contributed by atoms with van der Waals surface area (Å²) >= 11 is 0. The van der Waals surface area contributed by atoms with Gasteiger partial charge in [0, 0.05) is 38.6 Å². The molecule has 1 aromatic carbocycles. The van der Waals surface area contributed by atoms with Gasteiger partial charge in [0.05, 0.1) is 13.2 Å². The summed E-state index contributed by atoms with van der Waals surface area (Å²) in [6, 6.07) is 5.87. The van der Waals surface area contributed by atoms with Crippen LogP contribution in [0.5, 0.6) is 0 Å². The van der Waals surface area contributed by atoms with Gasteiger partial charge in [-0.05, 0) is 48.9 Å². The fourth-order valence-electron chi connectivity index (χ4n) is 3.09. The third-order valence-corrected chi connectivity index (χ3v) is 6.47. The average Bonchev–Trinajstić information content (AvgIpc) is 2.70. The summed E-state index contributed by atoms with van der Waals surface area (Å²) in [5.74, 6) is -1.76. The van der Waals surface area contributed by atoms with Crippen molar-refractivity contribution < 1.29 is 21.9 Å². The Labute approximate surface area is 163 Å². The smallest absolute Gasteiger partial charge is 0.246 e. The molecule has 6 nitrogen and oxygen atoms in total. The molecule has 0 aliphatic carbocycles. The number of ether oxygens (including phenoxy) is 1. The van der Waals surface area contributed by atoms with E-state index in [2.05, 4.69) is 9.88 Å². The van der Waals surface area contributed by atoms with Crippen LogP contribution in [0.2, 0.25) is 0 Å². The van der Waals surface area contributed by atoms with Gasteiger partial charge in [-0.2, -0.15) is 4.31 Å². The lowest BCUT2D eigenvalue weighted by Crippen LogP contribution is -2.39. The van der Waals surface area contributed by atoms with Crippen LogP contribution in [0.1, 0.15) is 12.0 Å². The molecule has 1 aliphatic heterocycles. The Morgan fingerprint density at radius 2 is 1.82 bits per heavy atom. The quantitative estimate of drug-likeness (QED) is 0.667. The van der Waals surface area contributed by atoms with Crippen LogP contribution >= 0.6 is 0 Å². The Morgan fingerprint density at radius 3 is 2.54 bits per heavy atom. The molecule has 1 saturated heterocycles. The summed E-state index contributed by atoms with van der Waals surface area (Å²) in [6.45, 7) is 3.88. The maximum atomic E-state index is 14.2. The molecule has 152 valence electrons. The van der Waals surface area contributed by atoms with Crippen LogP contribution in [0.3, 0.4) is 0 Å². The Balaban J connectivity index is 1.79. The van der Waals surface area contributed by atoms with Crippen molar-refractivity contribution in [1.82, 2.24) is 14.2 Å². The van der Waals surface area contributed by atoms with Gasteiger partial charge < -0.3 is 4.74 Å². The molecule has 3 rings (SSSR count). The molecular weight excluding hydrogens is 388 g/mol. The number of nitrogens with zero attached hydrogens (tertiary/aromatic N) is 3. The second-order valence-electron chi connectivity index (χ2n) is 6.58. The zero-order valence-electron chi connectivity index (χ0n) is 15.4. The van der Waals surface area contributed by atoms with Crippen molar-refractivity contribution in [3.8, 4) is 0 Å². The van der Waals surface area contributed by atoms with Crippen molar-refractivity contribution in [2.45, 2.75) is 17.9 Å². The van der Waals surface area contributed by atoms with Gasteiger partial charge in [-0.1, -0.05) is 0 Å². The molecule has 1 aliphatic rings. The lowest BCUT2D eigenvalue weighted by atomic mass is 10.2. The van der Waals surface area contributed by atoms with Crippen LogP contribution in [0, 0.1) is 11.6 Å². The molecule has 0 N–H and O–H groups in total. The third kappa shape index (κ3) is 5.32. The minimum Gasteiger partial charge on any atom is -0.379 e. The van der Waals surface area contributed by atoms with Gasteiger partial charge in [0.25, 0.3) is 0 Å². The van der Waals surface area contributed by atoms with E-state index in [-0.39, 0.29) is 13.1 Å². The molecular formula is C19H23F2N3O3S. The maximum absolute atomic E-state index is 14.2. The van der Waals surface area contributed by atoms with E-state index in [1.807, 2.05) is 0 Å². The van der Waals surface area contributed by atoms with E-state index < -0.39 is 26.6 Å². The minimum atomic E-state index is -4.20. The van der Waals surface area contributed by atoms with Crippen molar-refractivity contribution in [1.29, 1.82) is 0 Å². The minimum absolute atomic E-state index is 0.0594. The van der Waals surface area contributed by atoms with Crippen molar-refractivity contribution in [2.75, 3.05) is 39.4 Å². The Kier molecular flexibility index (Phi) is 7.06. The number of rotatable bonds is 8. The highest BCUT2D eigenvalue weighted by molar-refractivity contribution is 7.89. The third-order valence-electron chi connectivity index (χ3n) is 4.60. The van der Waals surface area contributed by atoms with Crippen molar-refractivity contribution in [3.05, 3.63) is 59.9 Å². The first kappa shape index (κ1) is 20.8. The monoisotopic (exact) mass is 411 g/mol.